The molecule has 0 saturated carbocycles. The lowest BCUT2D eigenvalue weighted by Crippen LogP contribution is -2.01. The lowest BCUT2D eigenvalue weighted by atomic mass is 10.4. The number of hydrogen-bond donors (Lipinski definition) is 4. The monoisotopic (exact) mass is 350 g/mol. The molecule has 5 rings (SSSR count). The highest BCUT2D eigenvalue weighted by atomic mass is 16.3. The van der Waals surface area contributed by atoms with Gasteiger partial charge in [0.05, 0.1) is 31.7 Å². The summed E-state index contributed by atoms with van der Waals surface area (Å²) >= 11 is 0. The van der Waals surface area contributed by atoms with Gasteiger partial charge in [0.25, 0.3) is 0 Å². The number of nitrogens with one attached hydrogen (secondary N) is 3. The van der Waals surface area contributed by atoms with Gasteiger partial charge in [0, 0.05) is 0 Å². The molecule has 0 atom stereocenters. The van der Waals surface area contributed by atoms with Crippen LogP contribution in [0.3, 0.4) is 0 Å². The van der Waals surface area contributed by atoms with E-state index >= 15 is 0 Å². The Labute approximate surface area is 146 Å². The Hall–Kier alpha value is -4.02. The van der Waals surface area contributed by atoms with E-state index in [1.807, 2.05) is 12.1 Å². The number of nitrogens with two attached hydrogens (primary N) is 1. The average Bonchev–Trinajstić information content (AvgIpc) is 3.40. The Morgan fingerprint density at radius 3 is 2.81 bits per heavy atom. The number of furan rings is 1. The van der Waals surface area contributed by atoms with E-state index in [0.29, 0.717) is 17.8 Å². The topological polar surface area (TPSA) is 160 Å². The van der Waals surface area contributed by atoms with Gasteiger partial charge in [-0.25, -0.2) is 24.9 Å². The fourth-order valence-corrected chi connectivity index (χ4v) is 2.23. The Morgan fingerprint density at radius 2 is 1.92 bits per heavy atom. The smallest absolute Gasteiger partial charge is 0.222 e. The summed E-state index contributed by atoms with van der Waals surface area (Å²) in [7, 11) is 0. The Bertz CT molecular complexity index is 1110. The molecule has 0 unspecified atom stereocenters. The molecule has 0 fully saturated rings. The van der Waals surface area contributed by atoms with Crippen LogP contribution >= 0.6 is 0 Å². The molecule has 5 aromatic rings. The molecule has 11 nitrogen and oxygen atoms in total. The van der Waals surface area contributed by atoms with E-state index in [-0.39, 0.29) is 5.95 Å². The van der Waals surface area contributed by atoms with Crippen LogP contribution < -0.4 is 11.1 Å². The molecular weight excluding hydrogens is 336 g/mol. The van der Waals surface area contributed by atoms with Crippen molar-refractivity contribution in [1.29, 1.82) is 0 Å². The van der Waals surface area contributed by atoms with Crippen molar-refractivity contribution in [2.75, 3.05) is 11.1 Å². The zero-order valence-electron chi connectivity index (χ0n) is 13.4. The predicted octanol–water partition coefficient (Wildman–Crippen LogP) is 1.49. The van der Waals surface area contributed by atoms with Gasteiger partial charge in [-0.1, -0.05) is 0 Å². The number of imidazole rings is 2. The van der Waals surface area contributed by atoms with Gasteiger partial charge in [-0.05, 0) is 12.1 Å². The van der Waals surface area contributed by atoms with Crippen LogP contribution in [-0.2, 0) is 6.54 Å². The lowest BCUT2D eigenvalue weighted by Gasteiger charge is -2.03. The van der Waals surface area contributed by atoms with Crippen LogP contribution in [0.15, 0.2) is 48.0 Å². The van der Waals surface area contributed by atoms with Crippen molar-refractivity contribution >= 4 is 34.1 Å². The Balaban J connectivity index is 0.000000144. The number of anilines is 2. The molecule has 0 bridgehead atoms. The Kier molecular flexibility index (Phi) is 4.08. The molecule has 130 valence electrons. The molecule has 5 N–H and O–H groups in total. The highest BCUT2D eigenvalue weighted by Gasteiger charge is 2.05. The molecule has 0 radical (unpaired) electrons. The van der Waals surface area contributed by atoms with E-state index in [2.05, 4.69) is 45.2 Å². The molecule has 0 aliphatic heterocycles. The van der Waals surface area contributed by atoms with Crippen molar-refractivity contribution in [3.05, 3.63) is 49.3 Å². The Morgan fingerprint density at radius 1 is 1.04 bits per heavy atom. The summed E-state index contributed by atoms with van der Waals surface area (Å²) in [6.45, 7) is 0.581. The van der Waals surface area contributed by atoms with Gasteiger partial charge in [0.2, 0.25) is 5.95 Å². The van der Waals surface area contributed by atoms with Crippen molar-refractivity contribution in [1.82, 2.24) is 39.9 Å². The molecule has 26 heavy (non-hydrogen) atoms. The van der Waals surface area contributed by atoms with Crippen LogP contribution in [-0.4, -0.2) is 39.9 Å². The van der Waals surface area contributed by atoms with E-state index in [1.54, 1.807) is 25.1 Å². The molecule has 0 spiro atoms. The standard InChI is InChI=1S/C10H9N5O.C5H5N5/c1-2-7(16-3-1)4-11-9-8-10(13-5-12-8)15-6-14-9;6-5-7-1-3-4(10-5)9-2-8-3/h1-3,5-6H,4H2,(H2,11,12,13,14,15);1-2H,(H3,6,7,8,9,10). The second-order valence-corrected chi connectivity index (χ2v) is 5.12. The third kappa shape index (κ3) is 3.26. The SMILES string of the molecule is Nc1ncc2[nH]cnc2n1.c1coc(CNc2ncnc3nc[nH]c23)c1. The summed E-state index contributed by atoms with van der Waals surface area (Å²) in [5.74, 6) is 1.82. The van der Waals surface area contributed by atoms with E-state index in [0.717, 1.165) is 22.6 Å². The summed E-state index contributed by atoms with van der Waals surface area (Å²) < 4.78 is 5.22. The van der Waals surface area contributed by atoms with E-state index in [4.69, 9.17) is 10.2 Å². The number of rotatable bonds is 3. The molecule has 0 saturated heterocycles. The van der Waals surface area contributed by atoms with E-state index in [1.165, 1.54) is 6.33 Å². The van der Waals surface area contributed by atoms with E-state index in [9.17, 15) is 0 Å². The minimum Gasteiger partial charge on any atom is -0.467 e. The third-order valence-electron chi connectivity index (χ3n) is 3.43. The average molecular weight is 350 g/mol. The van der Waals surface area contributed by atoms with Crippen molar-refractivity contribution in [3.63, 3.8) is 0 Å². The van der Waals surface area contributed by atoms with Crippen LogP contribution in [0.1, 0.15) is 5.76 Å². The van der Waals surface area contributed by atoms with Crippen LogP contribution in [0.5, 0.6) is 0 Å². The maximum Gasteiger partial charge on any atom is 0.222 e. The first-order valence-electron chi connectivity index (χ1n) is 7.61. The molecule has 0 amide bonds. The van der Waals surface area contributed by atoms with Crippen LogP contribution in [0.4, 0.5) is 11.8 Å². The van der Waals surface area contributed by atoms with Crippen molar-refractivity contribution < 1.29 is 4.42 Å². The third-order valence-corrected chi connectivity index (χ3v) is 3.43. The van der Waals surface area contributed by atoms with Gasteiger partial charge >= 0.3 is 0 Å². The number of hydrogen-bond acceptors (Lipinski definition) is 9. The molecular formula is C15H14N10O. The van der Waals surface area contributed by atoms with Crippen LogP contribution in [0.25, 0.3) is 22.3 Å². The minimum atomic E-state index is 0.250. The lowest BCUT2D eigenvalue weighted by molar-refractivity contribution is 0.518. The number of nitrogens with zero attached hydrogens (tertiary/aromatic N) is 6. The number of aromatic amines is 2. The second kappa shape index (κ2) is 6.84. The number of H-pyrrole nitrogens is 2. The van der Waals surface area contributed by atoms with Crippen LogP contribution in [0, 0.1) is 0 Å². The van der Waals surface area contributed by atoms with Gasteiger partial charge in [0.15, 0.2) is 17.1 Å². The van der Waals surface area contributed by atoms with Gasteiger partial charge in [-0.3, -0.25) is 0 Å². The number of nitrogen functional groups attached to an aromatic ring is 1. The van der Waals surface area contributed by atoms with Gasteiger partial charge in [-0.15, -0.1) is 0 Å². The van der Waals surface area contributed by atoms with Crippen molar-refractivity contribution in [2.24, 2.45) is 0 Å². The maximum absolute atomic E-state index is 5.31. The molecule has 11 heteroatoms. The highest BCUT2D eigenvalue weighted by molar-refractivity contribution is 5.81. The fourth-order valence-electron chi connectivity index (χ4n) is 2.23. The van der Waals surface area contributed by atoms with Gasteiger partial charge in [-0.2, -0.15) is 4.98 Å². The molecule has 5 heterocycles. The molecule has 5 aromatic heterocycles. The summed E-state index contributed by atoms with van der Waals surface area (Å²) in [6.07, 6.45) is 7.87. The predicted molar refractivity (Wildman–Crippen MR) is 93.8 cm³/mol. The fraction of sp³-hybridized carbons (Fsp3) is 0.0667. The molecule has 0 aromatic carbocycles. The molecule has 0 aliphatic rings. The van der Waals surface area contributed by atoms with Gasteiger partial charge in [0.1, 0.15) is 23.1 Å². The zero-order valence-corrected chi connectivity index (χ0v) is 13.4. The highest BCUT2D eigenvalue weighted by Crippen LogP contribution is 2.15. The quantitative estimate of drug-likeness (QED) is 0.378. The zero-order chi connectivity index (χ0) is 17.8. The van der Waals surface area contributed by atoms with Gasteiger partial charge < -0.3 is 25.4 Å². The summed E-state index contributed by atoms with van der Waals surface area (Å²) in [6, 6.07) is 3.75. The van der Waals surface area contributed by atoms with E-state index < -0.39 is 0 Å². The normalized spacial score (nSPS) is 10.6. The first-order chi connectivity index (χ1) is 12.8. The van der Waals surface area contributed by atoms with Crippen LogP contribution in [0.2, 0.25) is 0 Å². The molecule has 0 aliphatic carbocycles. The van der Waals surface area contributed by atoms with Crippen molar-refractivity contribution in [3.8, 4) is 0 Å². The summed E-state index contributed by atoms with van der Waals surface area (Å²) in [4.78, 5) is 29.6. The first-order valence-corrected chi connectivity index (χ1v) is 7.61. The number of fused-ring (bicyclic) bond motifs is 2. The largest absolute Gasteiger partial charge is 0.467 e. The second-order valence-electron chi connectivity index (χ2n) is 5.12. The summed E-state index contributed by atoms with van der Waals surface area (Å²) in [5, 5.41) is 3.16. The maximum atomic E-state index is 5.31. The number of aromatic nitrogens is 8. The summed E-state index contributed by atoms with van der Waals surface area (Å²) in [5.41, 5.74) is 8.16. The van der Waals surface area contributed by atoms with Crippen molar-refractivity contribution in [2.45, 2.75) is 6.54 Å². The first kappa shape index (κ1) is 15.5. The minimum absolute atomic E-state index is 0.250.